The molecule has 32 heavy (non-hydrogen) atoms. The van der Waals surface area contributed by atoms with Gasteiger partial charge < -0.3 is 10.1 Å². The van der Waals surface area contributed by atoms with Crippen molar-refractivity contribution in [3.05, 3.63) is 58.6 Å². The second kappa shape index (κ2) is 9.47. The van der Waals surface area contributed by atoms with Crippen molar-refractivity contribution in [3.63, 3.8) is 0 Å². The largest absolute Gasteiger partial charge is 0.452 e. The predicted molar refractivity (Wildman–Crippen MR) is 110 cm³/mol. The molecule has 1 aliphatic rings. The molecule has 0 atom stereocenters. The second-order valence-electron chi connectivity index (χ2n) is 6.95. The van der Waals surface area contributed by atoms with E-state index in [0.717, 1.165) is 25.0 Å². The van der Waals surface area contributed by atoms with E-state index in [1.165, 1.54) is 28.6 Å². The highest BCUT2D eigenvalue weighted by atomic mass is 35.5. The Balaban J connectivity index is 1.66. The van der Waals surface area contributed by atoms with Crippen LogP contribution >= 0.6 is 11.6 Å². The standard InChI is InChI=1S/C20H18ClF3N2O5S/c21-14-6-7-17(16(11-14)20(22,23)24)25-18(27)12-31-19(28)13-4-3-5-15(10-13)32(29,30)26-8-1-2-9-26/h3-7,10-11H,1-2,8-9,12H2,(H,25,27). The third kappa shape index (κ3) is 5.59. The van der Waals surface area contributed by atoms with Gasteiger partial charge in [-0.2, -0.15) is 17.5 Å². The van der Waals surface area contributed by atoms with Gasteiger partial charge in [0.1, 0.15) is 0 Å². The number of anilines is 1. The maximum Gasteiger partial charge on any atom is 0.418 e. The summed E-state index contributed by atoms with van der Waals surface area (Å²) in [5.74, 6) is -2.00. The van der Waals surface area contributed by atoms with E-state index in [1.54, 1.807) is 0 Å². The van der Waals surface area contributed by atoms with Crippen molar-refractivity contribution in [3.8, 4) is 0 Å². The van der Waals surface area contributed by atoms with Gasteiger partial charge in [0.15, 0.2) is 6.61 Å². The zero-order valence-corrected chi connectivity index (χ0v) is 18.1. The van der Waals surface area contributed by atoms with Crippen molar-refractivity contribution < 1.29 is 35.9 Å². The van der Waals surface area contributed by atoms with Gasteiger partial charge in [-0.3, -0.25) is 4.79 Å². The molecule has 12 heteroatoms. The van der Waals surface area contributed by atoms with Gasteiger partial charge in [0.2, 0.25) is 10.0 Å². The molecule has 172 valence electrons. The minimum Gasteiger partial charge on any atom is -0.452 e. The molecular weight excluding hydrogens is 473 g/mol. The van der Waals surface area contributed by atoms with Crippen LogP contribution in [0.15, 0.2) is 47.4 Å². The molecule has 0 aromatic heterocycles. The number of sulfonamides is 1. The number of halogens is 4. The highest BCUT2D eigenvalue weighted by molar-refractivity contribution is 7.89. The van der Waals surface area contributed by atoms with Crippen LogP contribution in [0.1, 0.15) is 28.8 Å². The Hall–Kier alpha value is -2.63. The Bertz CT molecular complexity index is 1130. The van der Waals surface area contributed by atoms with Gasteiger partial charge in [-0.15, -0.1) is 0 Å². The molecule has 3 rings (SSSR count). The molecule has 0 saturated carbocycles. The normalized spacial score (nSPS) is 14.9. The van der Waals surface area contributed by atoms with E-state index in [1.807, 2.05) is 5.32 Å². The van der Waals surface area contributed by atoms with Crippen molar-refractivity contribution in [2.24, 2.45) is 0 Å². The number of hydrogen-bond acceptors (Lipinski definition) is 5. The molecule has 1 heterocycles. The maximum atomic E-state index is 13.1. The lowest BCUT2D eigenvalue weighted by molar-refractivity contribution is -0.137. The highest BCUT2D eigenvalue weighted by Crippen LogP contribution is 2.36. The van der Waals surface area contributed by atoms with Crippen LogP contribution in [-0.4, -0.2) is 44.3 Å². The molecule has 2 aromatic rings. The second-order valence-corrected chi connectivity index (χ2v) is 9.33. The van der Waals surface area contributed by atoms with Gasteiger partial charge >= 0.3 is 12.1 Å². The molecule has 1 fully saturated rings. The van der Waals surface area contributed by atoms with Crippen LogP contribution < -0.4 is 5.32 Å². The fraction of sp³-hybridized carbons (Fsp3) is 0.300. The molecule has 0 bridgehead atoms. The summed E-state index contributed by atoms with van der Waals surface area (Å²) >= 11 is 5.59. The molecule has 2 aromatic carbocycles. The Morgan fingerprint density at radius 1 is 1.09 bits per heavy atom. The zero-order chi connectivity index (χ0) is 23.5. The summed E-state index contributed by atoms with van der Waals surface area (Å²) in [4.78, 5) is 24.2. The molecule has 0 spiro atoms. The van der Waals surface area contributed by atoms with Crippen molar-refractivity contribution in [1.82, 2.24) is 4.31 Å². The van der Waals surface area contributed by atoms with E-state index in [0.29, 0.717) is 19.2 Å². The lowest BCUT2D eigenvalue weighted by Crippen LogP contribution is -2.28. The molecule has 1 amide bonds. The number of hydrogen-bond donors (Lipinski definition) is 1. The number of esters is 1. The van der Waals surface area contributed by atoms with E-state index in [-0.39, 0.29) is 15.5 Å². The summed E-state index contributed by atoms with van der Waals surface area (Å²) in [6.45, 7) is -0.0918. The first-order valence-corrected chi connectivity index (χ1v) is 11.2. The Morgan fingerprint density at radius 3 is 2.44 bits per heavy atom. The summed E-state index contributed by atoms with van der Waals surface area (Å²) in [6, 6.07) is 7.97. The van der Waals surface area contributed by atoms with Crippen LogP contribution in [0.2, 0.25) is 5.02 Å². The molecule has 0 radical (unpaired) electrons. The summed E-state index contributed by atoms with van der Waals surface area (Å²) in [6.07, 6.45) is -3.26. The number of rotatable bonds is 6. The van der Waals surface area contributed by atoms with Crippen molar-refractivity contribution in [2.75, 3.05) is 25.0 Å². The third-order valence-electron chi connectivity index (χ3n) is 4.67. The van der Waals surface area contributed by atoms with E-state index in [4.69, 9.17) is 16.3 Å². The van der Waals surface area contributed by atoms with Crippen molar-refractivity contribution in [2.45, 2.75) is 23.9 Å². The smallest absolute Gasteiger partial charge is 0.418 e. The molecular formula is C20H18ClF3N2O5S. The Kier molecular flexibility index (Phi) is 7.11. The van der Waals surface area contributed by atoms with Gasteiger partial charge in [-0.1, -0.05) is 17.7 Å². The maximum absolute atomic E-state index is 13.1. The molecule has 1 aliphatic heterocycles. The SMILES string of the molecule is O=C(COC(=O)c1cccc(S(=O)(=O)N2CCCC2)c1)Nc1ccc(Cl)cc1C(F)(F)F. The molecule has 1 saturated heterocycles. The van der Waals surface area contributed by atoms with E-state index < -0.39 is 45.9 Å². The monoisotopic (exact) mass is 490 g/mol. The first kappa shape index (κ1) is 24.0. The van der Waals surface area contributed by atoms with Crippen LogP contribution in [-0.2, 0) is 25.7 Å². The number of ether oxygens (including phenoxy) is 1. The fourth-order valence-corrected chi connectivity index (χ4v) is 4.86. The number of nitrogens with zero attached hydrogens (tertiary/aromatic N) is 1. The Labute approximate surface area is 187 Å². The van der Waals surface area contributed by atoms with Gasteiger partial charge in [0.05, 0.1) is 21.7 Å². The number of amides is 1. The van der Waals surface area contributed by atoms with Gasteiger partial charge in [0, 0.05) is 18.1 Å². The van der Waals surface area contributed by atoms with E-state index in [2.05, 4.69) is 0 Å². The van der Waals surface area contributed by atoms with Crippen LogP contribution in [0.25, 0.3) is 0 Å². The molecule has 0 aliphatic carbocycles. The van der Waals surface area contributed by atoms with E-state index in [9.17, 15) is 31.2 Å². The quantitative estimate of drug-likeness (QED) is 0.619. The van der Waals surface area contributed by atoms with E-state index >= 15 is 0 Å². The minimum absolute atomic E-state index is 0.0886. The summed E-state index contributed by atoms with van der Waals surface area (Å²) in [5, 5.41) is 1.86. The summed E-state index contributed by atoms with van der Waals surface area (Å²) in [5.41, 5.74) is -1.80. The number of carbonyl (C=O) groups excluding carboxylic acids is 2. The van der Waals surface area contributed by atoms with Gasteiger partial charge in [-0.05, 0) is 49.2 Å². The Morgan fingerprint density at radius 2 is 1.78 bits per heavy atom. The van der Waals surface area contributed by atoms with Crippen LogP contribution in [0.4, 0.5) is 18.9 Å². The lowest BCUT2D eigenvalue weighted by atomic mass is 10.1. The average molecular weight is 491 g/mol. The number of carbonyl (C=O) groups is 2. The van der Waals surface area contributed by atoms with Crippen molar-refractivity contribution in [1.29, 1.82) is 0 Å². The highest BCUT2D eigenvalue weighted by Gasteiger charge is 2.34. The molecule has 0 unspecified atom stereocenters. The van der Waals surface area contributed by atoms with Crippen LogP contribution in [0.3, 0.4) is 0 Å². The summed E-state index contributed by atoms with van der Waals surface area (Å²) < 4.78 is 70.7. The predicted octanol–water partition coefficient (Wildman–Crippen LogP) is 3.94. The fourth-order valence-electron chi connectivity index (χ4n) is 3.12. The third-order valence-corrected chi connectivity index (χ3v) is 6.80. The summed E-state index contributed by atoms with van der Waals surface area (Å²) in [7, 11) is -3.76. The molecule has 7 nitrogen and oxygen atoms in total. The number of alkyl halides is 3. The molecule has 1 N–H and O–H groups in total. The van der Waals surface area contributed by atoms with Crippen molar-refractivity contribution >= 4 is 39.2 Å². The first-order valence-electron chi connectivity index (χ1n) is 9.42. The first-order chi connectivity index (χ1) is 15.0. The zero-order valence-electron chi connectivity index (χ0n) is 16.5. The van der Waals surface area contributed by atoms with Gasteiger partial charge in [0.25, 0.3) is 5.91 Å². The number of benzene rings is 2. The van der Waals surface area contributed by atoms with Crippen LogP contribution in [0, 0.1) is 0 Å². The minimum atomic E-state index is -4.76. The topological polar surface area (TPSA) is 92.8 Å². The van der Waals surface area contributed by atoms with Gasteiger partial charge in [-0.25, -0.2) is 13.2 Å². The van der Waals surface area contributed by atoms with Crippen LogP contribution in [0.5, 0.6) is 0 Å². The number of nitrogens with one attached hydrogen (secondary N) is 1. The lowest BCUT2D eigenvalue weighted by Gasteiger charge is -2.16. The average Bonchev–Trinajstić information content (AvgIpc) is 3.28.